The largest absolute Gasteiger partial charge is 0.496 e. The standard InChI is InChI=1S/C18H21NOS/c1-20-17-12-14-8-10-19(16-6-4-3-5-7-16)11-9-15(14)13-18(17)21-2/h3-7,12-13H,8-11H2,1-2H3. The third-order valence-corrected chi connectivity index (χ3v) is 4.89. The van der Waals surface area contributed by atoms with Gasteiger partial charge in [0.05, 0.1) is 7.11 Å². The van der Waals surface area contributed by atoms with Crippen LogP contribution < -0.4 is 9.64 Å². The molecule has 0 radical (unpaired) electrons. The maximum absolute atomic E-state index is 5.52. The van der Waals surface area contributed by atoms with Crippen molar-refractivity contribution in [1.82, 2.24) is 0 Å². The maximum Gasteiger partial charge on any atom is 0.132 e. The summed E-state index contributed by atoms with van der Waals surface area (Å²) in [5, 5.41) is 0. The van der Waals surface area contributed by atoms with Crippen LogP contribution in [0.1, 0.15) is 11.1 Å². The topological polar surface area (TPSA) is 12.5 Å². The van der Waals surface area contributed by atoms with E-state index in [9.17, 15) is 0 Å². The van der Waals surface area contributed by atoms with Gasteiger partial charge in [-0.1, -0.05) is 18.2 Å². The van der Waals surface area contributed by atoms with E-state index in [4.69, 9.17) is 4.74 Å². The number of methoxy groups -OCH3 is 1. The number of para-hydroxylation sites is 1. The van der Waals surface area contributed by atoms with Crippen molar-refractivity contribution in [3.05, 3.63) is 53.6 Å². The molecule has 0 spiro atoms. The van der Waals surface area contributed by atoms with Crippen molar-refractivity contribution >= 4 is 17.4 Å². The summed E-state index contributed by atoms with van der Waals surface area (Å²) >= 11 is 1.76. The Labute approximate surface area is 131 Å². The highest BCUT2D eigenvalue weighted by Crippen LogP contribution is 2.32. The van der Waals surface area contributed by atoms with E-state index in [-0.39, 0.29) is 0 Å². The Bertz CT molecular complexity index is 577. The van der Waals surface area contributed by atoms with Gasteiger partial charge in [-0.05, 0) is 54.5 Å². The molecule has 0 saturated carbocycles. The highest BCUT2D eigenvalue weighted by atomic mass is 32.2. The zero-order chi connectivity index (χ0) is 14.7. The normalized spacial score (nSPS) is 14.5. The first-order valence-electron chi connectivity index (χ1n) is 7.35. The van der Waals surface area contributed by atoms with Crippen molar-refractivity contribution in [2.45, 2.75) is 17.7 Å². The van der Waals surface area contributed by atoms with Crippen LogP contribution in [-0.4, -0.2) is 26.5 Å². The molecule has 3 rings (SSSR count). The van der Waals surface area contributed by atoms with Crippen LogP contribution in [-0.2, 0) is 12.8 Å². The minimum atomic E-state index is 1.01. The average Bonchev–Trinajstić information content (AvgIpc) is 2.76. The lowest BCUT2D eigenvalue weighted by Crippen LogP contribution is -2.25. The number of thioether (sulfide) groups is 1. The summed E-state index contributed by atoms with van der Waals surface area (Å²) in [7, 11) is 1.76. The lowest BCUT2D eigenvalue weighted by atomic mass is 10.0. The van der Waals surface area contributed by atoms with Crippen LogP contribution in [0.3, 0.4) is 0 Å². The smallest absolute Gasteiger partial charge is 0.132 e. The molecule has 0 unspecified atom stereocenters. The molecule has 0 amide bonds. The third-order valence-electron chi connectivity index (χ3n) is 4.13. The second-order valence-corrected chi connectivity index (χ2v) is 6.15. The number of fused-ring (bicyclic) bond motifs is 1. The molecule has 0 aromatic heterocycles. The highest BCUT2D eigenvalue weighted by molar-refractivity contribution is 7.98. The second-order valence-electron chi connectivity index (χ2n) is 5.30. The van der Waals surface area contributed by atoms with Crippen molar-refractivity contribution in [3.8, 4) is 5.75 Å². The van der Waals surface area contributed by atoms with Gasteiger partial charge >= 0.3 is 0 Å². The van der Waals surface area contributed by atoms with Crippen LogP contribution in [0.2, 0.25) is 0 Å². The fourth-order valence-electron chi connectivity index (χ4n) is 2.95. The zero-order valence-electron chi connectivity index (χ0n) is 12.6. The third kappa shape index (κ3) is 3.03. The first-order chi connectivity index (χ1) is 10.3. The van der Waals surface area contributed by atoms with E-state index < -0.39 is 0 Å². The fourth-order valence-corrected chi connectivity index (χ4v) is 3.55. The number of hydrogen-bond acceptors (Lipinski definition) is 3. The van der Waals surface area contributed by atoms with Gasteiger partial charge in [0.25, 0.3) is 0 Å². The summed E-state index contributed by atoms with van der Waals surface area (Å²) in [5.41, 5.74) is 4.23. The fraction of sp³-hybridized carbons (Fsp3) is 0.333. The van der Waals surface area contributed by atoms with Crippen LogP contribution in [0.4, 0.5) is 5.69 Å². The average molecular weight is 299 g/mol. The van der Waals surface area contributed by atoms with Crippen LogP contribution in [0.15, 0.2) is 47.4 Å². The van der Waals surface area contributed by atoms with Gasteiger partial charge < -0.3 is 9.64 Å². The molecule has 21 heavy (non-hydrogen) atoms. The second kappa shape index (κ2) is 6.44. The summed E-state index contributed by atoms with van der Waals surface area (Å²) < 4.78 is 5.52. The minimum absolute atomic E-state index is 1.01. The van der Waals surface area contributed by atoms with Crippen molar-refractivity contribution in [1.29, 1.82) is 0 Å². The Morgan fingerprint density at radius 2 is 1.67 bits per heavy atom. The Hall–Kier alpha value is -1.61. The molecule has 2 nitrogen and oxygen atoms in total. The Morgan fingerprint density at radius 3 is 2.29 bits per heavy atom. The lowest BCUT2D eigenvalue weighted by molar-refractivity contribution is 0.404. The first kappa shape index (κ1) is 14.3. The van der Waals surface area contributed by atoms with Crippen LogP contribution >= 0.6 is 11.8 Å². The quantitative estimate of drug-likeness (QED) is 0.794. The molecular weight excluding hydrogens is 278 g/mol. The van der Waals surface area contributed by atoms with Gasteiger partial charge in [-0.2, -0.15) is 0 Å². The van der Waals surface area contributed by atoms with E-state index in [1.54, 1.807) is 18.9 Å². The summed E-state index contributed by atoms with van der Waals surface area (Å²) in [6, 6.07) is 15.2. The van der Waals surface area contributed by atoms with Gasteiger partial charge in [-0.25, -0.2) is 0 Å². The number of anilines is 1. The first-order valence-corrected chi connectivity index (χ1v) is 8.58. The predicted molar refractivity (Wildman–Crippen MR) is 90.8 cm³/mol. The van der Waals surface area contributed by atoms with Gasteiger partial charge in [0.1, 0.15) is 5.75 Å². The van der Waals surface area contributed by atoms with E-state index in [1.165, 1.54) is 21.7 Å². The summed E-state index contributed by atoms with van der Waals surface area (Å²) in [6.45, 7) is 2.15. The van der Waals surface area contributed by atoms with Crippen molar-refractivity contribution in [2.75, 3.05) is 31.4 Å². The highest BCUT2D eigenvalue weighted by Gasteiger charge is 2.16. The van der Waals surface area contributed by atoms with Crippen molar-refractivity contribution < 1.29 is 4.74 Å². The van der Waals surface area contributed by atoms with E-state index in [0.29, 0.717) is 0 Å². The number of rotatable bonds is 3. The number of nitrogens with zero attached hydrogens (tertiary/aromatic N) is 1. The summed E-state index contributed by atoms with van der Waals surface area (Å²) in [4.78, 5) is 3.72. The van der Waals surface area contributed by atoms with Crippen molar-refractivity contribution in [3.63, 3.8) is 0 Å². The molecule has 0 fully saturated rings. The Kier molecular flexibility index (Phi) is 4.39. The number of benzene rings is 2. The molecule has 3 heteroatoms. The molecular formula is C18H21NOS. The van der Waals surface area contributed by atoms with Crippen LogP contribution in [0, 0.1) is 0 Å². The molecule has 2 aromatic rings. The van der Waals surface area contributed by atoms with E-state index in [0.717, 1.165) is 31.7 Å². The minimum Gasteiger partial charge on any atom is -0.496 e. The zero-order valence-corrected chi connectivity index (χ0v) is 13.5. The molecule has 0 atom stereocenters. The molecule has 1 aliphatic rings. The predicted octanol–water partition coefficient (Wildman–Crippen LogP) is 4.02. The van der Waals surface area contributed by atoms with Crippen LogP contribution in [0.5, 0.6) is 5.75 Å². The molecule has 110 valence electrons. The van der Waals surface area contributed by atoms with E-state index >= 15 is 0 Å². The molecule has 0 bridgehead atoms. The Balaban J connectivity index is 1.86. The Morgan fingerprint density at radius 1 is 1.00 bits per heavy atom. The summed E-state index contributed by atoms with van der Waals surface area (Å²) in [6.07, 6.45) is 4.29. The number of hydrogen-bond donors (Lipinski definition) is 0. The monoisotopic (exact) mass is 299 g/mol. The summed E-state index contributed by atoms with van der Waals surface area (Å²) in [5.74, 6) is 1.01. The van der Waals surface area contributed by atoms with Gasteiger partial charge in [-0.3, -0.25) is 0 Å². The van der Waals surface area contributed by atoms with Gasteiger partial charge in [0.15, 0.2) is 0 Å². The van der Waals surface area contributed by atoms with Crippen molar-refractivity contribution in [2.24, 2.45) is 0 Å². The van der Waals surface area contributed by atoms with Gasteiger partial charge in [0, 0.05) is 23.7 Å². The molecule has 0 N–H and O–H groups in total. The molecule has 0 saturated heterocycles. The van der Waals surface area contributed by atoms with Gasteiger partial charge in [0.2, 0.25) is 0 Å². The molecule has 0 aliphatic carbocycles. The SMILES string of the molecule is COc1cc2c(cc1SC)CCN(c1ccccc1)CC2. The van der Waals surface area contributed by atoms with E-state index in [1.807, 2.05) is 0 Å². The van der Waals surface area contributed by atoms with Gasteiger partial charge in [-0.15, -0.1) is 11.8 Å². The molecule has 1 heterocycles. The maximum atomic E-state index is 5.52. The van der Waals surface area contributed by atoms with Crippen LogP contribution in [0.25, 0.3) is 0 Å². The molecule has 2 aromatic carbocycles. The molecule has 1 aliphatic heterocycles. The van der Waals surface area contributed by atoms with E-state index in [2.05, 4.69) is 53.6 Å². The lowest BCUT2D eigenvalue weighted by Gasteiger charge is -2.22. The number of ether oxygens (including phenoxy) is 1.